The number of thiophene rings is 1. The van der Waals surface area contributed by atoms with E-state index in [-0.39, 0.29) is 5.91 Å². The van der Waals surface area contributed by atoms with E-state index in [4.69, 9.17) is 11.6 Å². The van der Waals surface area contributed by atoms with Crippen LogP contribution in [0.3, 0.4) is 0 Å². The van der Waals surface area contributed by atoms with Gasteiger partial charge in [-0.2, -0.15) is 0 Å². The Bertz CT molecular complexity index is 878. The monoisotopic (exact) mass is 386 g/mol. The van der Waals surface area contributed by atoms with E-state index >= 15 is 0 Å². The summed E-state index contributed by atoms with van der Waals surface area (Å²) in [5.74, 6) is 0.663. The fourth-order valence-corrected chi connectivity index (χ4v) is 4.20. The second-order valence-corrected chi connectivity index (χ2v) is 7.91. The summed E-state index contributed by atoms with van der Waals surface area (Å²) in [4.78, 5) is 17.4. The lowest BCUT2D eigenvalue weighted by Gasteiger charge is -2.00. The van der Waals surface area contributed by atoms with Gasteiger partial charge in [-0.1, -0.05) is 23.7 Å². The van der Waals surface area contributed by atoms with Crippen LogP contribution in [-0.2, 0) is 5.75 Å². The summed E-state index contributed by atoms with van der Waals surface area (Å²) in [5, 5.41) is 3.30. The maximum Gasteiger partial charge on any atom is 0.255 e. The van der Waals surface area contributed by atoms with Gasteiger partial charge in [0.2, 0.25) is 0 Å². The molecule has 2 heterocycles. The minimum atomic E-state index is -0.181. The van der Waals surface area contributed by atoms with Crippen molar-refractivity contribution < 1.29 is 4.79 Å². The molecule has 0 atom stereocenters. The summed E-state index contributed by atoms with van der Waals surface area (Å²) >= 11 is 9.32. The minimum absolute atomic E-state index is 0.181. The van der Waals surface area contributed by atoms with Crippen LogP contribution in [0.25, 0.3) is 6.08 Å². The molecule has 0 aliphatic rings. The number of nitrogens with zero attached hydrogens (tertiary/aromatic N) is 1. The van der Waals surface area contributed by atoms with Crippen LogP contribution in [0.5, 0.6) is 0 Å². The molecule has 3 nitrogen and oxygen atoms in total. The van der Waals surface area contributed by atoms with Gasteiger partial charge in [-0.05, 0) is 48.5 Å². The molecular weight excluding hydrogens is 372 g/mol. The number of nitrogens with one attached hydrogen (secondary N) is 1. The Labute approximate surface area is 159 Å². The topological polar surface area (TPSA) is 42.0 Å². The normalized spacial score (nSPS) is 10.9. The minimum Gasteiger partial charge on any atom is -0.329 e. The number of carbonyl (C=O) groups is 1. The Balaban J connectivity index is 1.52. The van der Waals surface area contributed by atoms with Crippen LogP contribution in [0.15, 0.2) is 71.2 Å². The van der Waals surface area contributed by atoms with E-state index in [1.807, 2.05) is 30.3 Å². The van der Waals surface area contributed by atoms with Crippen molar-refractivity contribution in [2.75, 3.05) is 0 Å². The number of thioether (sulfide) groups is 1. The molecule has 0 unspecified atom stereocenters. The smallest absolute Gasteiger partial charge is 0.255 e. The van der Waals surface area contributed by atoms with E-state index in [1.165, 1.54) is 4.21 Å². The van der Waals surface area contributed by atoms with Crippen molar-refractivity contribution in [2.45, 2.75) is 9.96 Å². The van der Waals surface area contributed by atoms with E-state index in [2.05, 4.69) is 16.4 Å². The summed E-state index contributed by atoms with van der Waals surface area (Å²) in [6.07, 6.45) is 5.35. The van der Waals surface area contributed by atoms with E-state index in [9.17, 15) is 4.79 Å². The first-order valence-electron chi connectivity index (χ1n) is 7.56. The molecule has 0 bridgehead atoms. The fourth-order valence-electron chi connectivity index (χ4n) is 2.04. The van der Waals surface area contributed by atoms with Crippen molar-refractivity contribution in [2.24, 2.45) is 0 Å². The van der Waals surface area contributed by atoms with Gasteiger partial charge in [0.1, 0.15) is 0 Å². The van der Waals surface area contributed by atoms with Crippen LogP contribution in [0.2, 0.25) is 5.02 Å². The van der Waals surface area contributed by atoms with Crippen molar-refractivity contribution in [3.8, 4) is 0 Å². The van der Waals surface area contributed by atoms with Gasteiger partial charge in [0, 0.05) is 33.6 Å². The lowest BCUT2D eigenvalue weighted by Crippen LogP contribution is -2.16. The van der Waals surface area contributed by atoms with Crippen LogP contribution < -0.4 is 5.32 Å². The van der Waals surface area contributed by atoms with Gasteiger partial charge < -0.3 is 5.32 Å². The van der Waals surface area contributed by atoms with E-state index < -0.39 is 0 Å². The zero-order valence-corrected chi connectivity index (χ0v) is 15.6. The number of pyridine rings is 1. The van der Waals surface area contributed by atoms with Crippen LogP contribution in [0, 0.1) is 0 Å². The third-order valence-electron chi connectivity index (χ3n) is 3.24. The predicted octanol–water partition coefficient (Wildman–Crippen LogP) is 5.49. The number of hydrogen-bond acceptors (Lipinski definition) is 4. The summed E-state index contributed by atoms with van der Waals surface area (Å²) in [5.41, 5.74) is 1.60. The van der Waals surface area contributed by atoms with E-state index in [0.717, 1.165) is 16.3 Å². The molecule has 0 saturated heterocycles. The van der Waals surface area contributed by atoms with Crippen LogP contribution in [0.4, 0.5) is 0 Å². The van der Waals surface area contributed by atoms with Crippen molar-refractivity contribution >= 4 is 46.7 Å². The Hall–Kier alpha value is -2.08. The molecule has 0 aliphatic heterocycles. The quantitative estimate of drug-likeness (QED) is 0.569. The molecule has 6 heteroatoms. The highest BCUT2D eigenvalue weighted by atomic mass is 35.5. The highest BCUT2D eigenvalue weighted by Gasteiger charge is 2.04. The zero-order valence-electron chi connectivity index (χ0n) is 13.2. The molecule has 3 aromatic rings. The number of carbonyl (C=O) groups excluding carboxylic acids is 1. The summed E-state index contributed by atoms with van der Waals surface area (Å²) in [7, 11) is 0. The van der Waals surface area contributed by atoms with E-state index in [0.29, 0.717) is 10.6 Å². The van der Waals surface area contributed by atoms with Gasteiger partial charge in [0.05, 0.1) is 9.90 Å². The van der Waals surface area contributed by atoms with Crippen LogP contribution >= 0.6 is 34.7 Å². The zero-order chi connectivity index (χ0) is 17.5. The summed E-state index contributed by atoms with van der Waals surface area (Å²) in [6.45, 7) is 0. The third-order valence-corrected chi connectivity index (χ3v) is 5.78. The molecule has 2 aromatic heterocycles. The Morgan fingerprint density at radius 2 is 2.12 bits per heavy atom. The van der Waals surface area contributed by atoms with Crippen molar-refractivity contribution in [1.29, 1.82) is 0 Å². The largest absolute Gasteiger partial charge is 0.329 e. The number of hydrogen-bond donors (Lipinski definition) is 1. The first-order chi connectivity index (χ1) is 12.2. The second-order valence-electron chi connectivity index (χ2n) is 5.08. The summed E-state index contributed by atoms with van der Waals surface area (Å²) in [6, 6.07) is 16.9. The molecule has 0 spiro atoms. The van der Waals surface area contributed by atoms with Gasteiger partial charge in [0.25, 0.3) is 5.91 Å². The predicted molar refractivity (Wildman–Crippen MR) is 106 cm³/mol. The van der Waals surface area contributed by atoms with Gasteiger partial charge in [0.15, 0.2) is 0 Å². The summed E-state index contributed by atoms with van der Waals surface area (Å²) < 4.78 is 1.21. The number of amides is 1. The molecule has 25 heavy (non-hydrogen) atoms. The Kier molecular flexibility index (Phi) is 6.28. The molecule has 0 aliphatic carbocycles. The molecule has 0 saturated carbocycles. The Morgan fingerprint density at radius 1 is 1.20 bits per heavy atom. The highest BCUT2D eigenvalue weighted by Crippen LogP contribution is 2.30. The number of halogens is 1. The average molecular weight is 387 g/mol. The fraction of sp³-hybridized carbons (Fsp3) is 0.0526. The number of benzene rings is 1. The van der Waals surface area contributed by atoms with Gasteiger partial charge >= 0.3 is 0 Å². The van der Waals surface area contributed by atoms with Gasteiger partial charge in [-0.3, -0.25) is 9.78 Å². The van der Waals surface area contributed by atoms with Gasteiger partial charge in [-0.15, -0.1) is 23.1 Å². The Morgan fingerprint density at radius 3 is 2.92 bits per heavy atom. The highest BCUT2D eigenvalue weighted by molar-refractivity contribution is 8.00. The van der Waals surface area contributed by atoms with Crippen LogP contribution in [0.1, 0.15) is 20.9 Å². The lowest BCUT2D eigenvalue weighted by atomic mass is 10.2. The van der Waals surface area contributed by atoms with Crippen molar-refractivity contribution in [3.05, 3.63) is 88.2 Å². The molecule has 1 amide bonds. The molecule has 126 valence electrons. The molecular formula is C19H15ClN2OS2. The second kappa shape index (κ2) is 8.85. The average Bonchev–Trinajstić information content (AvgIpc) is 3.08. The van der Waals surface area contributed by atoms with E-state index in [1.54, 1.807) is 59.8 Å². The lowest BCUT2D eigenvalue weighted by molar-refractivity contribution is 0.0970. The van der Waals surface area contributed by atoms with Crippen molar-refractivity contribution in [1.82, 2.24) is 10.3 Å². The number of rotatable bonds is 6. The maximum atomic E-state index is 12.0. The standard InChI is InChI=1S/C19H15ClN2OS2/c20-15-5-3-4-14(12-15)19(23)22-11-9-17-7-8-18(25-17)24-13-16-6-1-2-10-21-16/h1-12H,13H2,(H,22,23)/b11-9+. The maximum absolute atomic E-state index is 12.0. The molecule has 0 fully saturated rings. The van der Waals surface area contributed by atoms with Gasteiger partial charge in [-0.25, -0.2) is 0 Å². The van der Waals surface area contributed by atoms with Crippen molar-refractivity contribution in [3.63, 3.8) is 0 Å². The first-order valence-corrected chi connectivity index (χ1v) is 9.74. The van der Waals surface area contributed by atoms with Crippen LogP contribution in [-0.4, -0.2) is 10.9 Å². The first kappa shape index (κ1) is 17.7. The SMILES string of the molecule is O=C(N/C=C/c1ccc(SCc2ccccn2)s1)c1cccc(Cl)c1. The third kappa shape index (κ3) is 5.46. The number of aromatic nitrogens is 1. The molecule has 1 aromatic carbocycles. The molecule has 3 rings (SSSR count). The molecule has 1 N–H and O–H groups in total. The molecule has 0 radical (unpaired) electrons.